The van der Waals surface area contributed by atoms with E-state index in [0.29, 0.717) is 24.5 Å². The minimum absolute atomic E-state index is 0.0420. The van der Waals surface area contributed by atoms with Crippen LogP contribution in [0.1, 0.15) is 36.0 Å². The predicted octanol–water partition coefficient (Wildman–Crippen LogP) is 1.50. The van der Waals surface area contributed by atoms with E-state index in [1.807, 2.05) is 4.90 Å². The van der Waals surface area contributed by atoms with E-state index in [9.17, 15) is 9.59 Å². The van der Waals surface area contributed by atoms with Crippen molar-refractivity contribution in [2.75, 3.05) is 33.2 Å². The zero-order chi connectivity index (χ0) is 16.9. The van der Waals surface area contributed by atoms with E-state index in [1.54, 1.807) is 30.3 Å². The normalized spacial score (nSPS) is 20.8. The first kappa shape index (κ1) is 16.5. The predicted molar refractivity (Wildman–Crippen MR) is 89.1 cm³/mol. The number of pyridine rings is 1. The molecule has 1 unspecified atom stereocenters. The highest BCUT2D eigenvalue weighted by atomic mass is 16.5. The number of piperidine rings is 1. The fraction of sp³-hybridized carbons (Fsp3) is 0.588. The van der Waals surface area contributed by atoms with Gasteiger partial charge in [-0.05, 0) is 25.3 Å². The molecule has 0 saturated carbocycles. The maximum absolute atomic E-state index is 12.4. The minimum atomic E-state index is -0.0865. The van der Waals surface area contributed by atoms with Crippen LogP contribution in [-0.4, -0.2) is 66.1 Å². The number of hydrogen-bond donors (Lipinski definition) is 1. The van der Waals surface area contributed by atoms with Crippen molar-refractivity contribution in [2.45, 2.75) is 31.8 Å². The number of hydrogen-bond acceptors (Lipinski definition) is 4. The highest BCUT2D eigenvalue weighted by molar-refractivity contribution is 5.94. The summed E-state index contributed by atoms with van der Waals surface area (Å²) in [4.78, 5) is 31.9. The van der Waals surface area contributed by atoms with Gasteiger partial charge in [-0.25, -0.2) is 9.78 Å². The van der Waals surface area contributed by atoms with Gasteiger partial charge in [-0.2, -0.15) is 0 Å². The Hall–Kier alpha value is -2.31. The lowest BCUT2D eigenvalue weighted by atomic mass is 10.1. The van der Waals surface area contributed by atoms with Crippen LogP contribution in [0.15, 0.2) is 18.3 Å². The van der Waals surface area contributed by atoms with Gasteiger partial charge in [-0.3, -0.25) is 4.79 Å². The first-order valence-corrected chi connectivity index (χ1v) is 8.56. The third-order valence-corrected chi connectivity index (χ3v) is 4.56. The van der Waals surface area contributed by atoms with Gasteiger partial charge < -0.3 is 19.9 Å². The molecule has 24 heavy (non-hydrogen) atoms. The summed E-state index contributed by atoms with van der Waals surface area (Å²) in [6.07, 6.45) is 5.65. The van der Waals surface area contributed by atoms with Crippen LogP contribution in [0, 0.1) is 0 Å². The molecule has 7 nitrogen and oxygen atoms in total. The van der Waals surface area contributed by atoms with Gasteiger partial charge in [0.05, 0.1) is 12.1 Å². The average molecular weight is 332 g/mol. The van der Waals surface area contributed by atoms with Crippen LogP contribution in [0.4, 0.5) is 4.79 Å². The van der Waals surface area contributed by atoms with Gasteiger partial charge in [0.15, 0.2) is 0 Å². The lowest BCUT2D eigenvalue weighted by Gasteiger charge is -2.26. The molecule has 0 aliphatic carbocycles. The van der Waals surface area contributed by atoms with Crippen molar-refractivity contribution >= 4 is 11.9 Å². The molecule has 2 aliphatic heterocycles. The van der Waals surface area contributed by atoms with Crippen LogP contribution in [0.5, 0.6) is 5.88 Å². The van der Waals surface area contributed by atoms with Crippen LogP contribution in [0.3, 0.4) is 0 Å². The summed E-state index contributed by atoms with van der Waals surface area (Å²) in [7, 11) is 1.62. The van der Waals surface area contributed by atoms with E-state index in [4.69, 9.17) is 4.74 Å². The third kappa shape index (κ3) is 3.77. The fourth-order valence-electron chi connectivity index (χ4n) is 3.19. The number of amides is 3. The number of ether oxygens (including phenoxy) is 1. The van der Waals surface area contributed by atoms with Crippen molar-refractivity contribution in [3.63, 3.8) is 0 Å². The maximum atomic E-state index is 12.4. The second kappa shape index (κ2) is 7.51. The molecule has 1 N–H and O–H groups in total. The highest BCUT2D eigenvalue weighted by Gasteiger charge is 2.27. The molecular formula is C17H24N4O3. The van der Waals surface area contributed by atoms with Crippen molar-refractivity contribution in [1.82, 2.24) is 20.1 Å². The molecular weight excluding hydrogens is 308 g/mol. The number of nitrogens with one attached hydrogen (secondary N) is 1. The second-order valence-electron chi connectivity index (χ2n) is 6.27. The van der Waals surface area contributed by atoms with Gasteiger partial charge in [0.1, 0.15) is 6.10 Å². The summed E-state index contributed by atoms with van der Waals surface area (Å²) in [5, 5.41) is 2.62. The Balaban J connectivity index is 1.55. The Bertz CT molecular complexity index is 584. The van der Waals surface area contributed by atoms with Crippen LogP contribution >= 0.6 is 0 Å². The number of likely N-dealkylation sites (tertiary alicyclic amines) is 2. The number of aromatic nitrogens is 1. The zero-order valence-corrected chi connectivity index (χ0v) is 14.0. The Morgan fingerprint density at radius 3 is 2.62 bits per heavy atom. The molecule has 3 heterocycles. The Kier molecular flexibility index (Phi) is 5.17. The number of carbonyl (C=O) groups excluding carboxylic acids is 2. The molecule has 1 atom stereocenters. The summed E-state index contributed by atoms with van der Waals surface area (Å²) >= 11 is 0. The smallest absolute Gasteiger partial charge is 0.317 e. The number of urea groups is 1. The van der Waals surface area contributed by atoms with Crippen LogP contribution in [0.25, 0.3) is 0 Å². The first-order valence-electron chi connectivity index (χ1n) is 8.56. The number of carbonyl (C=O) groups is 2. The molecule has 130 valence electrons. The molecule has 0 bridgehead atoms. The molecule has 2 saturated heterocycles. The van der Waals surface area contributed by atoms with Crippen molar-refractivity contribution < 1.29 is 14.3 Å². The molecule has 0 spiro atoms. The monoisotopic (exact) mass is 332 g/mol. The van der Waals surface area contributed by atoms with Crippen LogP contribution in [-0.2, 0) is 0 Å². The summed E-state index contributed by atoms with van der Waals surface area (Å²) in [6.45, 7) is 2.88. The quantitative estimate of drug-likeness (QED) is 0.910. The Labute approximate surface area is 142 Å². The van der Waals surface area contributed by atoms with E-state index >= 15 is 0 Å². The van der Waals surface area contributed by atoms with E-state index in [1.165, 1.54) is 6.42 Å². The van der Waals surface area contributed by atoms with Gasteiger partial charge in [-0.1, -0.05) is 0 Å². The van der Waals surface area contributed by atoms with Crippen molar-refractivity contribution in [3.05, 3.63) is 23.9 Å². The van der Waals surface area contributed by atoms with Crippen molar-refractivity contribution in [1.29, 1.82) is 0 Å². The van der Waals surface area contributed by atoms with Crippen LogP contribution in [0.2, 0.25) is 0 Å². The van der Waals surface area contributed by atoms with Gasteiger partial charge in [0, 0.05) is 45.4 Å². The molecule has 2 fully saturated rings. The molecule has 7 heteroatoms. The summed E-state index contributed by atoms with van der Waals surface area (Å²) in [5.41, 5.74) is 0.600. The van der Waals surface area contributed by atoms with Crippen molar-refractivity contribution in [2.24, 2.45) is 0 Å². The summed E-state index contributed by atoms with van der Waals surface area (Å²) < 4.78 is 5.82. The minimum Gasteiger partial charge on any atom is -0.472 e. The van der Waals surface area contributed by atoms with E-state index in [0.717, 1.165) is 32.4 Å². The number of nitrogens with zero attached hydrogens (tertiary/aromatic N) is 3. The van der Waals surface area contributed by atoms with E-state index < -0.39 is 0 Å². The average Bonchev–Trinajstić information content (AvgIpc) is 3.10. The van der Waals surface area contributed by atoms with Crippen molar-refractivity contribution in [3.8, 4) is 5.88 Å². The molecule has 3 amide bonds. The Morgan fingerprint density at radius 1 is 1.17 bits per heavy atom. The topological polar surface area (TPSA) is 74.8 Å². The molecule has 1 aromatic heterocycles. The lowest BCUT2D eigenvalue weighted by Crippen LogP contribution is -2.37. The second-order valence-corrected chi connectivity index (χ2v) is 6.27. The zero-order valence-electron chi connectivity index (χ0n) is 14.0. The first-order chi connectivity index (χ1) is 11.7. The van der Waals surface area contributed by atoms with E-state index in [-0.39, 0.29) is 18.0 Å². The molecule has 3 rings (SSSR count). The van der Waals surface area contributed by atoms with E-state index in [2.05, 4.69) is 10.3 Å². The maximum Gasteiger partial charge on any atom is 0.317 e. The van der Waals surface area contributed by atoms with Gasteiger partial charge in [0.2, 0.25) is 5.88 Å². The largest absolute Gasteiger partial charge is 0.472 e. The summed E-state index contributed by atoms with van der Waals surface area (Å²) in [5.74, 6) is 0.536. The fourth-order valence-corrected chi connectivity index (χ4v) is 3.19. The highest BCUT2D eigenvalue weighted by Crippen LogP contribution is 2.18. The third-order valence-electron chi connectivity index (χ3n) is 4.56. The Morgan fingerprint density at radius 2 is 1.96 bits per heavy atom. The summed E-state index contributed by atoms with van der Waals surface area (Å²) in [6, 6.07) is 3.42. The van der Waals surface area contributed by atoms with Gasteiger partial charge in [-0.15, -0.1) is 0 Å². The lowest BCUT2D eigenvalue weighted by molar-refractivity contribution is 0.0723. The molecule has 0 aromatic carbocycles. The molecule has 1 aromatic rings. The molecule has 2 aliphatic rings. The van der Waals surface area contributed by atoms with Gasteiger partial charge in [0.25, 0.3) is 5.91 Å². The number of rotatable bonds is 3. The SMILES string of the molecule is CNC(=O)N1CCC(Oc2ccc(C(=O)N3CCCCC3)cn2)C1. The molecule has 0 radical (unpaired) electrons. The van der Waals surface area contributed by atoms with Crippen LogP contribution < -0.4 is 10.1 Å². The van der Waals surface area contributed by atoms with Gasteiger partial charge >= 0.3 is 6.03 Å². The standard InChI is InChI=1S/C17H24N4O3/c1-18-17(23)21-10-7-14(12-21)24-15-6-5-13(11-19-15)16(22)20-8-3-2-4-9-20/h5-6,11,14H,2-4,7-10,12H2,1H3,(H,18,23).